The fourth-order valence-corrected chi connectivity index (χ4v) is 4.38. The normalized spacial score (nSPS) is 27.5. The molecule has 2 heterocycles. The van der Waals surface area contributed by atoms with Gasteiger partial charge in [0.15, 0.2) is 0 Å². The maximum atomic E-state index is 3.84. The van der Waals surface area contributed by atoms with Gasteiger partial charge >= 0.3 is 0 Å². The van der Waals surface area contributed by atoms with Gasteiger partial charge in [-0.15, -0.1) is 11.3 Å². The van der Waals surface area contributed by atoms with Crippen molar-refractivity contribution in [1.82, 2.24) is 5.32 Å². The molecule has 1 aromatic rings. The van der Waals surface area contributed by atoms with Gasteiger partial charge in [-0.05, 0) is 23.8 Å². The summed E-state index contributed by atoms with van der Waals surface area (Å²) < 4.78 is 0. The summed E-state index contributed by atoms with van der Waals surface area (Å²) in [5.41, 5.74) is 0. The highest BCUT2D eigenvalue weighted by atomic mass is 32.2. The summed E-state index contributed by atoms with van der Waals surface area (Å²) in [5, 5.41) is 6.84. The van der Waals surface area contributed by atoms with Crippen molar-refractivity contribution in [2.24, 2.45) is 5.92 Å². The van der Waals surface area contributed by atoms with Crippen molar-refractivity contribution in [3.8, 4) is 0 Å². The molecule has 0 amide bonds. The van der Waals surface area contributed by atoms with Crippen molar-refractivity contribution in [3.63, 3.8) is 0 Å². The average Bonchev–Trinajstić information content (AvgIpc) is 2.84. The first-order chi connectivity index (χ1) is 7.66. The molecule has 0 bridgehead atoms. The molecule has 1 N–H and O–H groups in total. The van der Waals surface area contributed by atoms with Gasteiger partial charge in [-0.3, -0.25) is 0 Å². The summed E-state index contributed by atoms with van der Waals surface area (Å²) >= 11 is 3.97. The van der Waals surface area contributed by atoms with Crippen molar-refractivity contribution in [3.05, 3.63) is 22.4 Å². The van der Waals surface area contributed by atoms with Crippen LogP contribution in [0.5, 0.6) is 0 Å². The Morgan fingerprint density at radius 1 is 1.44 bits per heavy atom. The van der Waals surface area contributed by atoms with E-state index in [1.54, 1.807) is 0 Å². The molecule has 0 aromatic carbocycles. The lowest BCUT2D eigenvalue weighted by Gasteiger charge is -2.25. The summed E-state index contributed by atoms with van der Waals surface area (Å²) in [5.74, 6) is 1.94. The van der Waals surface area contributed by atoms with Crippen molar-refractivity contribution in [2.75, 3.05) is 5.75 Å². The molecule has 90 valence electrons. The average molecular weight is 255 g/mol. The molecule has 0 radical (unpaired) electrons. The summed E-state index contributed by atoms with van der Waals surface area (Å²) in [6.07, 6.45) is 1.32. The molecule has 16 heavy (non-hydrogen) atoms. The molecule has 1 saturated heterocycles. The molecule has 1 aromatic heterocycles. The standard InChI is InChI=1S/C13H21NS2/c1-9(2)13(12-5-4-6-15-12)14-11-7-10(3)16-8-11/h4-6,9-11,13-14H,7-8H2,1-3H3. The molecule has 3 atom stereocenters. The Morgan fingerprint density at radius 3 is 2.75 bits per heavy atom. The highest BCUT2D eigenvalue weighted by Gasteiger charge is 2.26. The van der Waals surface area contributed by atoms with Crippen molar-refractivity contribution in [1.29, 1.82) is 0 Å². The topological polar surface area (TPSA) is 12.0 Å². The molecule has 0 saturated carbocycles. The molecule has 1 aliphatic rings. The monoisotopic (exact) mass is 255 g/mol. The molecule has 0 aliphatic carbocycles. The number of nitrogens with one attached hydrogen (secondary N) is 1. The van der Waals surface area contributed by atoms with Crippen LogP contribution < -0.4 is 5.32 Å². The van der Waals surface area contributed by atoms with Crippen LogP contribution in [0.15, 0.2) is 17.5 Å². The Hall–Kier alpha value is 0.01000. The minimum atomic E-state index is 0.538. The number of thiophene rings is 1. The Balaban J connectivity index is 1.98. The predicted octanol–water partition coefficient (Wildman–Crippen LogP) is 3.93. The third-order valence-electron chi connectivity index (χ3n) is 3.13. The predicted molar refractivity (Wildman–Crippen MR) is 75.4 cm³/mol. The third kappa shape index (κ3) is 3.02. The Bertz CT molecular complexity index is 308. The third-order valence-corrected chi connectivity index (χ3v) is 5.44. The van der Waals surface area contributed by atoms with Crippen LogP contribution in [-0.4, -0.2) is 17.0 Å². The van der Waals surface area contributed by atoms with E-state index in [9.17, 15) is 0 Å². The van der Waals surface area contributed by atoms with Gasteiger partial charge in [-0.1, -0.05) is 26.8 Å². The second kappa shape index (κ2) is 5.56. The van der Waals surface area contributed by atoms with E-state index in [4.69, 9.17) is 0 Å². The van der Waals surface area contributed by atoms with E-state index in [-0.39, 0.29) is 0 Å². The SMILES string of the molecule is CC1CC(NC(c2cccs2)C(C)C)CS1. The molecule has 1 aliphatic heterocycles. The van der Waals surface area contributed by atoms with Crippen molar-refractivity contribution < 1.29 is 0 Å². The van der Waals surface area contributed by atoms with Crippen molar-refractivity contribution >= 4 is 23.1 Å². The lowest BCUT2D eigenvalue weighted by atomic mass is 10.0. The summed E-state index contributed by atoms with van der Waals surface area (Å²) in [7, 11) is 0. The van der Waals surface area contributed by atoms with E-state index in [1.807, 2.05) is 11.3 Å². The van der Waals surface area contributed by atoms with E-state index in [0.29, 0.717) is 18.0 Å². The van der Waals surface area contributed by atoms with Crippen LogP contribution in [0.2, 0.25) is 0 Å². The van der Waals surface area contributed by atoms with Crippen LogP contribution >= 0.6 is 23.1 Å². The smallest absolute Gasteiger partial charge is 0.0440 e. The highest BCUT2D eigenvalue weighted by Crippen LogP contribution is 2.31. The van der Waals surface area contributed by atoms with Gasteiger partial charge in [0.2, 0.25) is 0 Å². The number of rotatable bonds is 4. The highest BCUT2D eigenvalue weighted by molar-refractivity contribution is 8.00. The minimum Gasteiger partial charge on any atom is -0.305 e. The maximum Gasteiger partial charge on any atom is 0.0440 e. The summed E-state index contributed by atoms with van der Waals surface area (Å²) in [6, 6.07) is 5.65. The zero-order valence-electron chi connectivity index (χ0n) is 10.3. The second-order valence-corrected chi connectivity index (χ2v) is 7.43. The second-order valence-electron chi connectivity index (χ2n) is 4.98. The molecule has 3 unspecified atom stereocenters. The van der Waals surface area contributed by atoms with Gasteiger partial charge in [-0.25, -0.2) is 0 Å². The molecule has 2 rings (SSSR count). The molecule has 1 fully saturated rings. The fourth-order valence-electron chi connectivity index (χ4n) is 2.26. The number of hydrogen-bond acceptors (Lipinski definition) is 3. The largest absolute Gasteiger partial charge is 0.305 e. The van der Waals surface area contributed by atoms with Gasteiger partial charge in [0.05, 0.1) is 0 Å². The molecule has 1 nitrogen and oxygen atoms in total. The van der Waals surface area contributed by atoms with E-state index < -0.39 is 0 Å². The minimum absolute atomic E-state index is 0.538. The van der Waals surface area contributed by atoms with Crippen molar-refractivity contribution in [2.45, 2.75) is 44.5 Å². The van der Waals surface area contributed by atoms with Crippen LogP contribution in [0.3, 0.4) is 0 Å². The molecular weight excluding hydrogens is 234 g/mol. The Labute approximate surface area is 107 Å². The molecule has 0 spiro atoms. The van der Waals surface area contributed by atoms with Crippen LogP contribution in [0.25, 0.3) is 0 Å². The number of thioether (sulfide) groups is 1. The lowest BCUT2D eigenvalue weighted by molar-refractivity contribution is 0.373. The molecule has 3 heteroatoms. The first-order valence-electron chi connectivity index (χ1n) is 6.08. The van der Waals surface area contributed by atoms with E-state index in [0.717, 1.165) is 5.25 Å². The first kappa shape index (κ1) is 12.5. The Kier molecular flexibility index (Phi) is 4.34. The van der Waals surface area contributed by atoms with E-state index in [1.165, 1.54) is 17.1 Å². The lowest BCUT2D eigenvalue weighted by Crippen LogP contribution is -2.35. The van der Waals surface area contributed by atoms with Gasteiger partial charge in [0, 0.05) is 28.0 Å². The van der Waals surface area contributed by atoms with E-state index in [2.05, 4.69) is 55.4 Å². The first-order valence-corrected chi connectivity index (χ1v) is 8.00. The zero-order valence-corrected chi connectivity index (χ0v) is 11.9. The van der Waals surface area contributed by atoms with Crippen LogP contribution in [0.4, 0.5) is 0 Å². The van der Waals surface area contributed by atoms with Gasteiger partial charge < -0.3 is 5.32 Å². The summed E-state index contributed by atoms with van der Waals surface area (Å²) in [6.45, 7) is 6.95. The maximum absolute atomic E-state index is 3.84. The van der Waals surface area contributed by atoms with Gasteiger partial charge in [0.1, 0.15) is 0 Å². The van der Waals surface area contributed by atoms with Gasteiger partial charge in [-0.2, -0.15) is 11.8 Å². The quantitative estimate of drug-likeness (QED) is 0.875. The van der Waals surface area contributed by atoms with Crippen LogP contribution in [0.1, 0.15) is 38.1 Å². The van der Waals surface area contributed by atoms with Crippen LogP contribution in [-0.2, 0) is 0 Å². The Morgan fingerprint density at radius 2 is 2.25 bits per heavy atom. The van der Waals surface area contributed by atoms with Crippen LogP contribution in [0, 0.1) is 5.92 Å². The fraction of sp³-hybridized carbons (Fsp3) is 0.692. The van der Waals surface area contributed by atoms with Gasteiger partial charge in [0.25, 0.3) is 0 Å². The number of hydrogen-bond donors (Lipinski definition) is 1. The van der Waals surface area contributed by atoms with E-state index >= 15 is 0 Å². The summed E-state index contributed by atoms with van der Waals surface area (Å²) in [4.78, 5) is 1.49. The zero-order chi connectivity index (χ0) is 11.5. The molecular formula is C13H21NS2.